The molecule has 0 atom stereocenters. The topological polar surface area (TPSA) is 66.9 Å². The summed E-state index contributed by atoms with van der Waals surface area (Å²) in [5.41, 5.74) is 2.38. The quantitative estimate of drug-likeness (QED) is 0.610. The Morgan fingerprint density at radius 3 is 2.33 bits per heavy atom. The molecule has 1 heterocycles. The molecule has 0 aromatic heterocycles. The van der Waals surface area contributed by atoms with E-state index >= 15 is 0 Å². The number of ether oxygens (including phenoxy) is 1. The van der Waals surface area contributed by atoms with Gasteiger partial charge in [0.25, 0.3) is 10.0 Å². The minimum Gasteiger partial charge on any atom is -0.497 e. The van der Waals surface area contributed by atoms with Crippen LogP contribution in [0.1, 0.15) is 5.56 Å². The Kier molecular flexibility index (Phi) is 5.46. The summed E-state index contributed by atoms with van der Waals surface area (Å²) in [4.78, 5) is 14.9. The third kappa shape index (κ3) is 3.76. The van der Waals surface area contributed by atoms with Crippen molar-refractivity contribution in [3.05, 3.63) is 84.4 Å². The summed E-state index contributed by atoms with van der Waals surface area (Å²) in [6.07, 6.45) is 0.762. The first-order valence-corrected chi connectivity index (χ1v) is 11.0. The van der Waals surface area contributed by atoms with E-state index in [9.17, 15) is 13.2 Å². The lowest BCUT2D eigenvalue weighted by atomic mass is 10.2. The second-order valence-electron chi connectivity index (χ2n) is 6.95. The van der Waals surface area contributed by atoms with Gasteiger partial charge >= 0.3 is 0 Å². The summed E-state index contributed by atoms with van der Waals surface area (Å²) in [5, 5.41) is 0. The van der Waals surface area contributed by atoms with Crippen molar-refractivity contribution in [1.29, 1.82) is 0 Å². The number of nitrogens with zero attached hydrogens (tertiary/aromatic N) is 2. The van der Waals surface area contributed by atoms with Gasteiger partial charge in [-0.3, -0.25) is 9.10 Å². The van der Waals surface area contributed by atoms with Gasteiger partial charge in [-0.05, 0) is 54.4 Å². The van der Waals surface area contributed by atoms with Crippen LogP contribution in [-0.2, 0) is 21.2 Å². The van der Waals surface area contributed by atoms with Crippen LogP contribution in [0.25, 0.3) is 0 Å². The molecule has 7 heteroatoms. The highest BCUT2D eigenvalue weighted by molar-refractivity contribution is 7.92. The Bertz CT molecular complexity index is 1150. The number of hydrogen-bond acceptors (Lipinski definition) is 4. The number of rotatable bonds is 6. The number of benzene rings is 3. The number of sulfonamides is 1. The number of carbonyl (C=O) groups is 1. The van der Waals surface area contributed by atoms with E-state index in [1.165, 1.54) is 19.2 Å². The summed E-state index contributed by atoms with van der Waals surface area (Å²) >= 11 is 0. The normalized spacial score (nSPS) is 13.0. The van der Waals surface area contributed by atoms with Gasteiger partial charge in [-0.15, -0.1) is 0 Å². The molecule has 0 bridgehead atoms. The summed E-state index contributed by atoms with van der Waals surface area (Å²) in [6.45, 7) is 0.260. The molecule has 154 valence electrons. The molecule has 6 nitrogen and oxygen atoms in total. The Balaban J connectivity index is 1.68. The third-order valence-electron chi connectivity index (χ3n) is 5.16. The molecule has 0 saturated heterocycles. The fourth-order valence-electron chi connectivity index (χ4n) is 3.59. The van der Waals surface area contributed by atoms with Crippen LogP contribution < -0.4 is 13.9 Å². The van der Waals surface area contributed by atoms with Gasteiger partial charge in [0.05, 0.1) is 17.7 Å². The van der Waals surface area contributed by atoms with Crippen LogP contribution >= 0.6 is 0 Å². The molecule has 1 aliphatic rings. The smallest absolute Gasteiger partial charge is 0.264 e. The molecule has 1 aliphatic heterocycles. The van der Waals surface area contributed by atoms with E-state index in [0.717, 1.165) is 22.0 Å². The molecule has 0 unspecified atom stereocenters. The fourth-order valence-corrected chi connectivity index (χ4v) is 5.00. The van der Waals surface area contributed by atoms with Crippen molar-refractivity contribution in [2.24, 2.45) is 0 Å². The van der Waals surface area contributed by atoms with Gasteiger partial charge in [0.1, 0.15) is 12.3 Å². The number of hydrogen-bond donors (Lipinski definition) is 0. The van der Waals surface area contributed by atoms with Crippen LogP contribution in [-0.4, -0.2) is 34.5 Å². The maximum Gasteiger partial charge on any atom is 0.264 e. The molecular formula is C23H22N2O4S. The van der Waals surface area contributed by atoms with E-state index in [4.69, 9.17) is 4.74 Å². The number of anilines is 2. The van der Waals surface area contributed by atoms with Crippen molar-refractivity contribution < 1.29 is 17.9 Å². The van der Waals surface area contributed by atoms with Crippen molar-refractivity contribution in [2.45, 2.75) is 11.3 Å². The molecule has 0 radical (unpaired) electrons. The van der Waals surface area contributed by atoms with Crippen LogP contribution in [0.2, 0.25) is 0 Å². The molecule has 3 aromatic rings. The molecular weight excluding hydrogens is 400 g/mol. The van der Waals surface area contributed by atoms with E-state index in [1.807, 2.05) is 24.3 Å². The fraction of sp³-hybridized carbons (Fsp3) is 0.174. The summed E-state index contributed by atoms with van der Waals surface area (Å²) in [7, 11) is -2.43. The Hall–Kier alpha value is -3.32. The molecule has 3 aromatic carbocycles. The first-order valence-electron chi connectivity index (χ1n) is 9.61. The van der Waals surface area contributed by atoms with E-state index < -0.39 is 10.0 Å². The van der Waals surface area contributed by atoms with Crippen LogP contribution in [0, 0.1) is 0 Å². The summed E-state index contributed by atoms with van der Waals surface area (Å²) in [6, 6.07) is 22.5. The zero-order chi connectivity index (χ0) is 21.1. The second-order valence-corrected chi connectivity index (χ2v) is 8.81. The average molecular weight is 423 g/mol. The first kappa shape index (κ1) is 20.0. The molecule has 0 spiro atoms. The monoisotopic (exact) mass is 422 g/mol. The third-order valence-corrected chi connectivity index (χ3v) is 6.95. The zero-order valence-corrected chi connectivity index (χ0v) is 17.4. The van der Waals surface area contributed by atoms with Gasteiger partial charge in [0.2, 0.25) is 5.91 Å². The molecule has 4 rings (SSSR count). The van der Waals surface area contributed by atoms with Gasteiger partial charge in [0, 0.05) is 12.2 Å². The number of fused-ring (bicyclic) bond motifs is 1. The lowest BCUT2D eigenvalue weighted by Gasteiger charge is -2.27. The van der Waals surface area contributed by atoms with E-state index in [0.29, 0.717) is 18.0 Å². The average Bonchev–Trinajstić information content (AvgIpc) is 3.22. The molecule has 0 saturated carbocycles. The first-order chi connectivity index (χ1) is 14.5. The highest BCUT2D eigenvalue weighted by Crippen LogP contribution is 2.29. The van der Waals surface area contributed by atoms with Gasteiger partial charge < -0.3 is 9.64 Å². The minimum absolute atomic E-state index is 0.0989. The van der Waals surface area contributed by atoms with Gasteiger partial charge in [-0.1, -0.05) is 36.4 Å². The maximum atomic E-state index is 13.4. The van der Waals surface area contributed by atoms with E-state index in [2.05, 4.69) is 0 Å². The lowest BCUT2D eigenvalue weighted by Crippen LogP contribution is -2.42. The lowest BCUT2D eigenvalue weighted by molar-refractivity contribution is -0.117. The van der Waals surface area contributed by atoms with Crippen molar-refractivity contribution in [2.75, 3.05) is 29.4 Å². The predicted molar refractivity (Wildman–Crippen MR) is 116 cm³/mol. The number of amides is 1. The largest absolute Gasteiger partial charge is 0.497 e. The molecule has 30 heavy (non-hydrogen) atoms. The summed E-state index contributed by atoms with van der Waals surface area (Å²) < 4.78 is 33.2. The van der Waals surface area contributed by atoms with Crippen LogP contribution in [0.4, 0.5) is 11.4 Å². The molecule has 1 amide bonds. The predicted octanol–water partition coefficient (Wildman–Crippen LogP) is 3.48. The van der Waals surface area contributed by atoms with Crippen molar-refractivity contribution >= 4 is 27.3 Å². The van der Waals surface area contributed by atoms with Gasteiger partial charge in [0.15, 0.2) is 0 Å². The van der Waals surface area contributed by atoms with Crippen molar-refractivity contribution in [3.8, 4) is 5.75 Å². The van der Waals surface area contributed by atoms with Crippen molar-refractivity contribution in [3.63, 3.8) is 0 Å². The zero-order valence-electron chi connectivity index (χ0n) is 16.6. The Morgan fingerprint density at radius 2 is 1.63 bits per heavy atom. The number of methoxy groups -OCH3 is 1. The SMILES string of the molecule is COc1ccc(S(=O)(=O)N(CC(=O)N2CCc3ccccc32)c2ccccc2)cc1. The van der Waals surface area contributed by atoms with E-state index in [-0.39, 0.29) is 17.3 Å². The van der Waals surface area contributed by atoms with Crippen molar-refractivity contribution in [1.82, 2.24) is 0 Å². The highest BCUT2D eigenvalue weighted by atomic mass is 32.2. The maximum absolute atomic E-state index is 13.4. The van der Waals surface area contributed by atoms with Crippen LogP contribution in [0.3, 0.4) is 0 Å². The molecule has 0 N–H and O–H groups in total. The van der Waals surface area contributed by atoms with Crippen LogP contribution in [0.15, 0.2) is 83.8 Å². The Morgan fingerprint density at radius 1 is 0.967 bits per heavy atom. The number of carbonyl (C=O) groups excluding carboxylic acids is 1. The van der Waals surface area contributed by atoms with Crippen LogP contribution in [0.5, 0.6) is 5.75 Å². The number of para-hydroxylation sites is 2. The van der Waals surface area contributed by atoms with Gasteiger partial charge in [-0.2, -0.15) is 0 Å². The van der Waals surface area contributed by atoms with E-state index in [1.54, 1.807) is 47.4 Å². The highest BCUT2D eigenvalue weighted by Gasteiger charge is 2.31. The standard InChI is InChI=1S/C23H22N2O4S/c1-29-20-11-13-21(14-12-20)30(27,28)25(19-8-3-2-4-9-19)17-23(26)24-16-15-18-7-5-6-10-22(18)24/h2-14H,15-17H2,1H3. The molecule has 0 fully saturated rings. The second kappa shape index (κ2) is 8.20. The minimum atomic E-state index is -3.95. The van der Waals surface area contributed by atoms with Gasteiger partial charge in [-0.25, -0.2) is 8.42 Å². The Labute approximate surface area is 176 Å². The molecule has 0 aliphatic carbocycles. The summed E-state index contributed by atoms with van der Waals surface area (Å²) in [5.74, 6) is 0.297.